The van der Waals surface area contributed by atoms with E-state index >= 15 is 0 Å². The van der Waals surface area contributed by atoms with Gasteiger partial charge >= 0.3 is 0 Å². The fourth-order valence-electron chi connectivity index (χ4n) is 5.44. The number of piperazine rings is 1. The minimum atomic E-state index is -0.293. The lowest BCUT2D eigenvalue weighted by Gasteiger charge is -2.55. The number of allylic oxidation sites excluding steroid dienone is 1. The Bertz CT molecular complexity index is 942. The van der Waals surface area contributed by atoms with Crippen molar-refractivity contribution in [1.29, 1.82) is 0 Å². The van der Waals surface area contributed by atoms with Gasteiger partial charge in [-0.2, -0.15) is 0 Å². The first-order chi connectivity index (χ1) is 15.2. The third kappa shape index (κ3) is 4.06. The molecule has 1 unspecified atom stereocenters. The van der Waals surface area contributed by atoms with Crippen molar-refractivity contribution in [3.05, 3.63) is 71.6 Å². The van der Waals surface area contributed by atoms with E-state index in [0.29, 0.717) is 0 Å². The molecule has 0 aliphatic carbocycles. The molecule has 2 saturated heterocycles. The van der Waals surface area contributed by atoms with Crippen molar-refractivity contribution in [3.63, 3.8) is 0 Å². The van der Waals surface area contributed by atoms with Crippen molar-refractivity contribution in [3.8, 4) is 0 Å². The zero-order chi connectivity index (χ0) is 21.3. The molecule has 6 heteroatoms. The number of ether oxygens (including phenoxy) is 1. The van der Waals surface area contributed by atoms with Gasteiger partial charge in [0.05, 0.1) is 30.4 Å². The molecule has 5 nitrogen and oxygen atoms in total. The summed E-state index contributed by atoms with van der Waals surface area (Å²) in [4.78, 5) is 11.6. The molecule has 4 heterocycles. The van der Waals surface area contributed by atoms with Crippen molar-refractivity contribution >= 4 is 5.69 Å². The van der Waals surface area contributed by atoms with Crippen molar-refractivity contribution in [2.24, 2.45) is 0 Å². The van der Waals surface area contributed by atoms with Gasteiger partial charge in [0.1, 0.15) is 11.6 Å². The van der Waals surface area contributed by atoms with E-state index in [2.05, 4.69) is 56.9 Å². The van der Waals surface area contributed by atoms with Crippen LogP contribution in [0.15, 0.2) is 60.2 Å². The number of anilines is 1. The number of halogens is 1. The molecule has 0 amide bonds. The first-order valence-corrected chi connectivity index (χ1v) is 11.4. The zero-order valence-corrected chi connectivity index (χ0v) is 18.3. The summed E-state index contributed by atoms with van der Waals surface area (Å²) in [5.41, 5.74) is 3.41. The van der Waals surface area contributed by atoms with E-state index in [-0.39, 0.29) is 11.4 Å². The fraction of sp³-hybridized carbons (Fsp3) is 0.480. The summed E-state index contributed by atoms with van der Waals surface area (Å²) in [6.45, 7) is 9.03. The van der Waals surface area contributed by atoms with E-state index in [1.165, 1.54) is 17.5 Å². The molecule has 3 aliphatic rings. The highest BCUT2D eigenvalue weighted by Gasteiger charge is 2.47. The molecular formula is C25H31FN4O. The van der Waals surface area contributed by atoms with E-state index in [4.69, 9.17) is 4.74 Å². The zero-order valence-electron chi connectivity index (χ0n) is 18.3. The van der Waals surface area contributed by atoms with E-state index in [0.717, 1.165) is 76.6 Å². The lowest BCUT2D eigenvalue weighted by Crippen LogP contribution is -2.64. The Balaban J connectivity index is 1.35. The topological polar surface area (TPSA) is 31.8 Å². The van der Waals surface area contributed by atoms with Crippen LogP contribution in [0.25, 0.3) is 0 Å². The molecule has 1 atom stereocenters. The number of hydrogen-bond acceptors (Lipinski definition) is 5. The first kappa shape index (κ1) is 20.5. The maximum absolute atomic E-state index is 14.0. The average Bonchev–Trinajstić information content (AvgIpc) is 2.80. The summed E-state index contributed by atoms with van der Waals surface area (Å²) in [5.74, 6) is 0.786. The Kier molecular flexibility index (Phi) is 5.67. The maximum atomic E-state index is 14.0. The van der Waals surface area contributed by atoms with Crippen LogP contribution >= 0.6 is 0 Å². The largest absolute Gasteiger partial charge is 0.496 e. The van der Waals surface area contributed by atoms with Gasteiger partial charge in [0.25, 0.3) is 0 Å². The fourth-order valence-corrected chi connectivity index (χ4v) is 5.44. The van der Waals surface area contributed by atoms with Gasteiger partial charge < -0.3 is 9.64 Å². The molecule has 31 heavy (non-hydrogen) atoms. The minimum absolute atomic E-state index is 0.0391. The third-order valence-electron chi connectivity index (χ3n) is 7.06. The van der Waals surface area contributed by atoms with Gasteiger partial charge in [-0.1, -0.05) is 37.3 Å². The molecule has 5 rings (SSSR count). The second-order valence-corrected chi connectivity index (χ2v) is 8.92. The Morgan fingerprint density at radius 2 is 1.90 bits per heavy atom. The molecule has 1 aromatic heterocycles. The highest BCUT2D eigenvalue weighted by atomic mass is 19.1. The molecule has 0 radical (unpaired) electrons. The van der Waals surface area contributed by atoms with Gasteiger partial charge in [-0.3, -0.25) is 14.8 Å². The quantitative estimate of drug-likeness (QED) is 0.726. The smallest absolute Gasteiger partial charge is 0.143 e. The monoisotopic (exact) mass is 422 g/mol. The summed E-state index contributed by atoms with van der Waals surface area (Å²) in [6, 6.07) is 12.3. The van der Waals surface area contributed by atoms with Crippen molar-refractivity contribution in [2.45, 2.75) is 38.3 Å². The van der Waals surface area contributed by atoms with E-state index < -0.39 is 0 Å². The second-order valence-electron chi connectivity index (χ2n) is 8.92. The molecule has 0 N–H and O–H groups in total. The molecule has 2 aromatic rings. The van der Waals surface area contributed by atoms with Crippen molar-refractivity contribution < 1.29 is 9.13 Å². The maximum Gasteiger partial charge on any atom is 0.143 e. The third-order valence-corrected chi connectivity index (χ3v) is 7.06. The normalized spacial score (nSPS) is 24.9. The molecule has 0 saturated carbocycles. The lowest BCUT2D eigenvalue weighted by molar-refractivity contribution is -0.0249. The lowest BCUT2D eigenvalue weighted by atomic mass is 9.81. The van der Waals surface area contributed by atoms with Crippen LogP contribution in [0.5, 0.6) is 0 Å². The summed E-state index contributed by atoms with van der Waals surface area (Å²) in [7, 11) is 0. The number of fused-ring (bicyclic) bond motifs is 2. The summed E-state index contributed by atoms with van der Waals surface area (Å²) < 4.78 is 20.1. The van der Waals surface area contributed by atoms with Crippen molar-refractivity contribution in [2.75, 3.05) is 44.2 Å². The van der Waals surface area contributed by atoms with Gasteiger partial charge in [-0.15, -0.1) is 0 Å². The van der Waals surface area contributed by atoms with Crippen LogP contribution in [-0.2, 0) is 11.3 Å². The molecular weight excluding hydrogens is 391 g/mol. The van der Waals surface area contributed by atoms with Crippen LogP contribution in [0.2, 0.25) is 0 Å². The highest BCUT2D eigenvalue weighted by Crippen LogP contribution is 2.43. The van der Waals surface area contributed by atoms with E-state index in [1.54, 1.807) is 12.3 Å². The first-order valence-electron chi connectivity index (χ1n) is 11.4. The Labute approximate surface area is 184 Å². The van der Waals surface area contributed by atoms with Crippen LogP contribution in [0.1, 0.15) is 31.7 Å². The van der Waals surface area contributed by atoms with Gasteiger partial charge in [0.15, 0.2) is 0 Å². The number of hydrogen-bond donors (Lipinski definition) is 0. The molecule has 164 valence electrons. The van der Waals surface area contributed by atoms with Gasteiger partial charge in [-0.05, 0) is 12.0 Å². The summed E-state index contributed by atoms with van der Waals surface area (Å²) in [6.07, 6.45) is 5.86. The minimum Gasteiger partial charge on any atom is -0.496 e. The number of nitrogens with zero attached hydrogens (tertiary/aromatic N) is 4. The van der Waals surface area contributed by atoms with Gasteiger partial charge in [0.2, 0.25) is 0 Å². The standard InChI is InChI=1S/C25H31FN4O/c1-2-23-24-15-25(8-13-31-24,19-30(23)22-14-21(26)16-27-17-22)29-11-9-28(10-12-29)18-20-6-4-3-5-7-20/h3-7,14,16-17H,2,8-13,15,18-19H2,1H3. The van der Waals surface area contributed by atoms with Crippen LogP contribution in [0.3, 0.4) is 0 Å². The predicted octanol–water partition coefficient (Wildman–Crippen LogP) is 4.03. The number of pyridine rings is 1. The Morgan fingerprint density at radius 3 is 2.65 bits per heavy atom. The molecule has 0 spiro atoms. The van der Waals surface area contributed by atoms with Gasteiger partial charge in [0, 0.05) is 63.7 Å². The number of rotatable bonds is 5. The highest BCUT2D eigenvalue weighted by molar-refractivity contribution is 5.54. The van der Waals surface area contributed by atoms with Crippen LogP contribution in [-0.4, -0.2) is 59.7 Å². The average molecular weight is 423 g/mol. The van der Waals surface area contributed by atoms with E-state index in [1.807, 2.05) is 0 Å². The number of benzene rings is 1. The van der Waals surface area contributed by atoms with Crippen LogP contribution in [0.4, 0.5) is 10.1 Å². The Morgan fingerprint density at radius 1 is 1.10 bits per heavy atom. The summed E-state index contributed by atoms with van der Waals surface area (Å²) >= 11 is 0. The Hall–Kier alpha value is -2.44. The second kappa shape index (κ2) is 8.60. The number of aromatic nitrogens is 1. The summed E-state index contributed by atoms with van der Waals surface area (Å²) in [5, 5.41) is 0. The van der Waals surface area contributed by atoms with Crippen LogP contribution in [0, 0.1) is 5.82 Å². The van der Waals surface area contributed by atoms with Crippen LogP contribution < -0.4 is 4.90 Å². The van der Waals surface area contributed by atoms with Gasteiger partial charge in [-0.25, -0.2) is 4.39 Å². The predicted molar refractivity (Wildman–Crippen MR) is 120 cm³/mol. The molecule has 2 fully saturated rings. The molecule has 2 bridgehead atoms. The van der Waals surface area contributed by atoms with Crippen molar-refractivity contribution in [1.82, 2.24) is 14.8 Å². The molecule has 1 aromatic carbocycles. The van der Waals surface area contributed by atoms with E-state index in [9.17, 15) is 4.39 Å². The SMILES string of the molecule is CCC1=C2CC(N3CCN(Cc4ccccc4)CC3)(CCO2)CN1c1cncc(F)c1. The molecule has 3 aliphatic heterocycles.